The summed E-state index contributed by atoms with van der Waals surface area (Å²) in [6.07, 6.45) is 5.59. The molecule has 1 aliphatic rings. The summed E-state index contributed by atoms with van der Waals surface area (Å²) in [5.74, 6) is 0.947. The first kappa shape index (κ1) is 13.1. The van der Waals surface area contributed by atoms with Gasteiger partial charge in [0.2, 0.25) is 0 Å². The molecule has 2 heteroatoms. The Hall–Kier alpha value is -0.340. The molecule has 0 aliphatic heterocycles. The van der Waals surface area contributed by atoms with Gasteiger partial charge in [0.25, 0.3) is 0 Å². The van der Waals surface area contributed by atoms with E-state index >= 15 is 0 Å². The average Bonchev–Trinajstić information content (AvgIpc) is 2.25. The lowest BCUT2D eigenvalue weighted by Gasteiger charge is -2.30. The zero-order valence-electron chi connectivity index (χ0n) is 10.8. The second-order valence-electron chi connectivity index (χ2n) is 5.15. The van der Waals surface area contributed by atoms with Crippen LogP contribution in [0.2, 0.25) is 0 Å². The van der Waals surface area contributed by atoms with E-state index in [0.29, 0.717) is 6.04 Å². The standard InChI is InChI=1S/C15H22BrN/c1-3-17-15(10-12-5-4-6-12)13-7-8-14(16)11(2)9-13/h7-9,12,15,17H,3-6,10H2,1-2H3. The minimum absolute atomic E-state index is 0.539. The lowest BCUT2D eigenvalue weighted by Crippen LogP contribution is -2.25. The summed E-state index contributed by atoms with van der Waals surface area (Å²) in [5, 5.41) is 3.63. The molecule has 1 aliphatic carbocycles. The Kier molecular flexibility index (Phi) is 4.63. The fourth-order valence-corrected chi connectivity index (χ4v) is 2.78. The number of aryl methyl sites for hydroxylation is 1. The molecule has 1 fully saturated rings. The molecule has 1 nitrogen and oxygen atoms in total. The van der Waals surface area contributed by atoms with Crippen LogP contribution in [-0.2, 0) is 0 Å². The number of nitrogens with one attached hydrogen (secondary N) is 1. The van der Waals surface area contributed by atoms with Gasteiger partial charge in [-0.15, -0.1) is 0 Å². The summed E-state index contributed by atoms with van der Waals surface area (Å²) < 4.78 is 1.21. The van der Waals surface area contributed by atoms with Crippen LogP contribution in [0.15, 0.2) is 22.7 Å². The molecule has 0 bridgehead atoms. The molecule has 17 heavy (non-hydrogen) atoms. The predicted molar refractivity (Wildman–Crippen MR) is 77.3 cm³/mol. The molecule has 0 heterocycles. The number of hydrogen-bond donors (Lipinski definition) is 1. The Balaban J connectivity index is 2.09. The molecular weight excluding hydrogens is 274 g/mol. The van der Waals surface area contributed by atoms with Gasteiger partial charge in [0, 0.05) is 10.5 Å². The second kappa shape index (κ2) is 6.01. The maximum Gasteiger partial charge on any atom is 0.0322 e. The van der Waals surface area contributed by atoms with E-state index in [1.165, 1.54) is 41.3 Å². The summed E-state index contributed by atoms with van der Waals surface area (Å²) in [6, 6.07) is 7.28. The van der Waals surface area contributed by atoms with Crippen LogP contribution in [0.1, 0.15) is 49.8 Å². The number of benzene rings is 1. The first-order valence-electron chi connectivity index (χ1n) is 6.70. The normalized spacial score (nSPS) is 17.8. The Morgan fingerprint density at radius 2 is 2.18 bits per heavy atom. The lowest BCUT2D eigenvalue weighted by atomic mass is 9.79. The molecule has 0 radical (unpaired) electrons. The molecule has 0 spiro atoms. The summed E-state index contributed by atoms with van der Waals surface area (Å²) >= 11 is 3.57. The quantitative estimate of drug-likeness (QED) is 0.837. The SMILES string of the molecule is CCNC(CC1CCC1)c1ccc(Br)c(C)c1. The molecule has 0 amide bonds. The van der Waals surface area contributed by atoms with E-state index < -0.39 is 0 Å². The molecule has 1 unspecified atom stereocenters. The largest absolute Gasteiger partial charge is 0.310 e. The van der Waals surface area contributed by atoms with Gasteiger partial charge in [-0.25, -0.2) is 0 Å². The molecule has 1 N–H and O–H groups in total. The van der Waals surface area contributed by atoms with E-state index in [4.69, 9.17) is 0 Å². The van der Waals surface area contributed by atoms with Crippen LogP contribution in [0.4, 0.5) is 0 Å². The molecule has 2 rings (SSSR count). The van der Waals surface area contributed by atoms with Gasteiger partial charge in [-0.05, 0) is 43.0 Å². The van der Waals surface area contributed by atoms with Crippen LogP contribution in [0, 0.1) is 12.8 Å². The molecule has 0 aromatic heterocycles. The first-order valence-corrected chi connectivity index (χ1v) is 7.49. The van der Waals surface area contributed by atoms with Crippen LogP contribution in [0.25, 0.3) is 0 Å². The Labute approximate surface area is 113 Å². The maximum atomic E-state index is 3.63. The van der Waals surface area contributed by atoms with Gasteiger partial charge in [0.15, 0.2) is 0 Å². The van der Waals surface area contributed by atoms with E-state index in [2.05, 4.69) is 53.3 Å². The van der Waals surface area contributed by atoms with Gasteiger partial charge < -0.3 is 5.32 Å². The van der Waals surface area contributed by atoms with Crippen LogP contribution in [-0.4, -0.2) is 6.54 Å². The van der Waals surface area contributed by atoms with Crippen molar-refractivity contribution in [2.45, 2.75) is 45.6 Å². The van der Waals surface area contributed by atoms with Gasteiger partial charge in [0.05, 0.1) is 0 Å². The van der Waals surface area contributed by atoms with Crippen molar-refractivity contribution in [1.29, 1.82) is 0 Å². The van der Waals surface area contributed by atoms with Crippen molar-refractivity contribution in [2.75, 3.05) is 6.54 Å². The Bertz CT molecular complexity index is 371. The average molecular weight is 296 g/mol. The van der Waals surface area contributed by atoms with E-state index in [9.17, 15) is 0 Å². The second-order valence-corrected chi connectivity index (χ2v) is 6.01. The minimum atomic E-state index is 0.539. The monoisotopic (exact) mass is 295 g/mol. The molecule has 1 aromatic carbocycles. The highest BCUT2D eigenvalue weighted by atomic mass is 79.9. The van der Waals surface area contributed by atoms with Crippen LogP contribution >= 0.6 is 15.9 Å². The molecular formula is C15H22BrN. The van der Waals surface area contributed by atoms with E-state index in [1.807, 2.05) is 0 Å². The van der Waals surface area contributed by atoms with Crippen molar-refractivity contribution >= 4 is 15.9 Å². The summed E-state index contributed by atoms with van der Waals surface area (Å²) in [5.41, 5.74) is 2.78. The van der Waals surface area contributed by atoms with Crippen LogP contribution < -0.4 is 5.32 Å². The van der Waals surface area contributed by atoms with E-state index in [1.54, 1.807) is 0 Å². The first-order chi connectivity index (χ1) is 8.20. The highest BCUT2D eigenvalue weighted by Crippen LogP contribution is 2.35. The van der Waals surface area contributed by atoms with Crippen molar-refractivity contribution in [3.63, 3.8) is 0 Å². The fourth-order valence-electron chi connectivity index (χ4n) is 2.53. The van der Waals surface area contributed by atoms with Crippen molar-refractivity contribution in [3.05, 3.63) is 33.8 Å². The molecule has 1 atom stereocenters. The number of rotatable bonds is 5. The van der Waals surface area contributed by atoms with E-state index in [0.717, 1.165) is 12.5 Å². The Morgan fingerprint density at radius 1 is 1.41 bits per heavy atom. The molecule has 94 valence electrons. The van der Waals surface area contributed by atoms with Crippen molar-refractivity contribution in [3.8, 4) is 0 Å². The summed E-state index contributed by atoms with van der Waals surface area (Å²) in [6.45, 7) is 5.41. The minimum Gasteiger partial charge on any atom is -0.310 e. The highest BCUT2D eigenvalue weighted by molar-refractivity contribution is 9.10. The Morgan fingerprint density at radius 3 is 2.71 bits per heavy atom. The van der Waals surface area contributed by atoms with Gasteiger partial charge in [0.1, 0.15) is 0 Å². The van der Waals surface area contributed by atoms with Crippen LogP contribution in [0.5, 0.6) is 0 Å². The third-order valence-corrected chi connectivity index (χ3v) is 4.72. The fraction of sp³-hybridized carbons (Fsp3) is 0.600. The zero-order valence-corrected chi connectivity index (χ0v) is 12.4. The maximum absolute atomic E-state index is 3.63. The molecule has 0 saturated heterocycles. The van der Waals surface area contributed by atoms with Crippen LogP contribution in [0.3, 0.4) is 0 Å². The van der Waals surface area contributed by atoms with Gasteiger partial charge in [-0.2, -0.15) is 0 Å². The van der Waals surface area contributed by atoms with E-state index in [-0.39, 0.29) is 0 Å². The number of halogens is 1. The smallest absolute Gasteiger partial charge is 0.0322 e. The number of hydrogen-bond acceptors (Lipinski definition) is 1. The third-order valence-electron chi connectivity index (χ3n) is 3.83. The van der Waals surface area contributed by atoms with Gasteiger partial charge in [-0.1, -0.05) is 54.2 Å². The predicted octanol–water partition coefficient (Wildman–Crippen LogP) is 4.60. The zero-order chi connectivity index (χ0) is 12.3. The third kappa shape index (κ3) is 3.32. The van der Waals surface area contributed by atoms with Crippen molar-refractivity contribution < 1.29 is 0 Å². The topological polar surface area (TPSA) is 12.0 Å². The van der Waals surface area contributed by atoms with Gasteiger partial charge >= 0.3 is 0 Å². The van der Waals surface area contributed by atoms with Gasteiger partial charge in [-0.3, -0.25) is 0 Å². The van der Waals surface area contributed by atoms with Crippen molar-refractivity contribution in [1.82, 2.24) is 5.32 Å². The highest BCUT2D eigenvalue weighted by Gasteiger charge is 2.22. The molecule has 1 aromatic rings. The summed E-state index contributed by atoms with van der Waals surface area (Å²) in [7, 11) is 0. The lowest BCUT2D eigenvalue weighted by molar-refractivity contribution is 0.262. The summed E-state index contributed by atoms with van der Waals surface area (Å²) in [4.78, 5) is 0. The molecule has 1 saturated carbocycles. The van der Waals surface area contributed by atoms with Crippen molar-refractivity contribution in [2.24, 2.45) is 5.92 Å².